The lowest BCUT2D eigenvalue weighted by molar-refractivity contribution is -0.384. The van der Waals surface area contributed by atoms with Gasteiger partial charge in [-0.25, -0.2) is 13.2 Å². The monoisotopic (exact) mass is 392 g/mol. The minimum Gasteiger partial charge on any atom is -0.361 e. The number of nitrogens with zero attached hydrogens (tertiary/aromatic N) is 2. The zero-order chi connectivity index (χ0) is 19.5. The molecule has 1 fully saturated rings. The number of primary amides is 1. The van der Waals surface area contributed by atoms with Crippen molar-refractivity contribution in [3.05, 3.63) is 28.3 Å². The number of nitro groups is 1. The smallest absolute Gasteiger partial charge is 0.341 e. The van der Waals surface area contributed by atoms with Gasteiger partial charge in [-0.15, -0.1) is 0 Å². The van der Waals surface area contributed by atoms with Crippen LogP contribution in [0.2, 0.25) is 0 Å². The molecular formula is C14H18F2N4O5S. The molecule has 0 spiro atoms. The number of nitrogens with one attached hydrogen (secondary N) is 1. The first-order valence-corrected chi connectivity index (χ1v) is 9.29. The first-order valence-electron chi connectivity index (χ1n) is 7.75. The van der Waals surface area contributed by atoms with E-state index < -0.39 is 37.1 Å². The first-order chi connectivity index (χ1) is 12.1. The van der Waals surface area contributed by atoms with E-state index in [2.05, 4.69) is 5.32 Å². The van der Waals surface area contributed by atoms with Crippen molar-refractivity contribution >= 4 is 27.2 Å². The summed E-state index contributed by atoms with van der Waals surface area (Å²) in [6.45, 7) is 0.594. The van der Waals surface area contributed by atoms with E-state index in [1.165, 1.54) is 0 Å². The van der Waals surface area contributed by atoms with Gasteiger partial charge in [-0.1, -0.05) is 0 Å². The second-order valence-electron chi connectivity index (χ2n) is 5.80. The van der Waals surface area contributed by atoms with E-state index in [4.69, 9.17) is 5.73 Å². The van der Waals surface area contributed by atoms with E-state index >= 15 is 0 Å². The van der Waals surface area contributed by atoms with Crippen LogP contribution in [0.5, 0.6) is 0 Å². The van der Waals surface area contributed by atoms with Gasteiger partial charge in [0, 0.05) is 25.2 Å². The zero-order valence-corrected chi connectivity index (χ0v) is 14.4. The highest BCUT2D eigenvalue weighted by Crippen LogP contribution is 2.35. The molecular weight excluding hydrogens is 374 g/mol. The molecule has 3 N–H and O–H groups in total. The molecule has 0 bridgehead atoms. The van der Waals surface area contributed by atoms with Crippen LogP contribution in [0.4, 0.5) is 25.0 Å². The molecule has 26 heavy (non-hydrogen) atoms. The fraction of sp³-hybridized carbons (Fsp3) is 0.500. The molecule has 2 amide bonds. The van der Waals surface area contributed by atoms with Crippen molar-refractivity contribution in [3.63, 3.8) is 0 Å². The van der Waals surface area contributed by atoms with Crippen molar-refractivity contribution in [2.45, 2.75) is 36.0 Å². The van der Waals surface area contributed by atoms with Gasteiger partial charge >= 0.3 is 11.8 Å². The van der Waals surface area contributed by atoms with Gasteiger partial charge in [0.2, 0.25) is 9.84 Å². The van der Waals surface area contributed by atoms with Gasteiger partial charge in [-0.2, -0.15) is 8.78 Å². The number of hydrogen-bond donors (Lipinski definition) is 2. The maximum atomic E-state index is 12.7. The summed E-state index contributed by atoms with van der Waals surface area (Å²) in [5.74, 6) is -3.67. The van der Waals surface area contributed by atoms with Crippen molar-refractivity contribution in [2.75, 3.05) is 18.0 Å². The van der Waals surface area contributed by atoms with E-state index in [1.54, 1.807) is 4.90 Å². The quantitative estimate of drug-likeness (QED) is 0.558. The van der Waals surface area contributed by atoms with Gasteiger partial charge in [-0.3, -0.25) is 10.1 Å². The number of urea groups is 1. The molecule has 0 aromatic heterocycles. The highest BCUT2D eigenvalue weighted by molar-refractivity contribution is 7.91. The molecule has 1 aromatic carbocycles. The molecule has 0 aliphatic carbocycles. The molecule has 0 unspecified atom stereocenters. The Bertz CT molecular complexity index is 803. The molecule has 0 radical (unpaired) electrons. The summed E-state index contributed by atoms with van der Waals surface area (Å²) in [7, 11) is -4.95. The minimum atomic E-state index is -4.95. The number of nitrogens with two attached hydrogens (primary N) is 1. The zero-order valence-electron chi connectivity index (χ0n) is 13.6. The van der Waals surface area contributed by atoms with Crippen LogP contribution in [0.3, 0.4) is 0 Å². The molecule has 1 atom stereocenters. The van der Waals surface area contributed by atoms with Crippen molar-refractivity contribution in [2.24, 2.45) is 5.73 Å². The molecule has 1 saturated heterocycles. The number of rotatable bonds is 6. The summed E-state index contributed by atoms with van der Waals surface area (Å²) >= 11 is 0. The van der Waals surface area contributed by atoms with E-state index in [0.29, 0.717) is 19.0 Å². The van der Waals surface area contributed by atoms with Crippen LogP contribution in [0, 0.1) is 10.1 Å². The summed E-state index contributed by atoms with van der Waals surface area (Å²) in [6.07, 6.45) is 2.21. The second kappa shape index (κ2) is 7.81. The van der Waals surface area contributed by atoms with Crippen molar-refractivity contribution in [1.29, 1.82) is 0 Å². The highest BCUT2D eigenvalue weighted by Gasteiger charge is 2.32. The number of nitro benzene ring substituents is 1. The van der Waals surface area contributed by atoms with E-state index in [9.17, 15) is 32.1 Å². The number of halogens is 2. The molecule has 9 nitrogen and oxygen atoms in total. The molecule has 1 aromatic rings. The third kappa shape index (κ3) is 4.18. The van der Waals surface area contributed by atoms with Gasteiger partial charge in [-0.05, 0) is 31.4 Å². The van der Waals surface area contributed by atoms with Gasteiger partial charge < -0.3 is 16.0 Å². The number of amides is 2. The van der Waals surface area contributed by atoms with Crippen LogP contribution in [0.25, 0.3) is 0 Å². The summed E-state index contributed by atoms with van der Waals surface area (Å²) < 4.78 is 48.6. The topological polar surface area (TPSA) is 136 Å². The average molecular weight is 392 g/mol. The third-order valence-corrected chi connectivity index (χ3v) is 5.54. The fourth-order valence-corrected chi connectivity index (χ4v) is 3.66. The molecule has 0 saturated carbocycles. The lowest BCUT2D eigenvalue weighted by Gasteiger charge is -2.37. The van der Waals surface area contributed by atoms with Gasteiger partial charge in [0.15, 0.2) is 0 Å². The summed E-state index contributed by atoms with van der Waals surface area (Å²) in [6, 6.07) is 1.70. The van der Waals surface area contributed by atoms with Crippen molar-refractivity contribution in [1.82, 2.24) is 5.32 Å². The number of anilines is 1. The Hall–Kier alpha value is -2.50. The number of sulfone groups is 1. The second-order valence-corrected chi connectivity index (χ2v) is 7.72. The Morgan fingerprint density at radius 3 is 2.69 bits per heavy atom. The normalized spacial score (nSPS) is 18.0. The Morgan fingerprint density at radius 2 is 2.12 bits per heavy atom. The minimum absolute atomic E-state index is 0.110. The maximum Gasteiger partial charge on any atom is 0.341 e. The molecule has 12 heteroatoms. The third-order valence-electron chi connectivity index (χ3n) is 4.16. The Morgan fingerprint density at radius 1 is 1.42 bits per heavy atom. The van der Waals surface area contributed by atoms with Crippen molar-refractivity contribution in [3.8, 4) is 0 Å². The van der Waals surface area contributed by atoms with Crippen LogP contribution < -0.4 is 16.0 Å². The van der Waals surface area contributed by atoms with E-state index in [1.807, 2.05) is 0 Å². The van der Waals surface area contributed by atoms with Crippen molar-refractivity contribution < 1.29 is 26.9 Å². The van der Waals surface area contributed by atoms with Crippen LogP contribution in [-0.4, -0.2) is 44.3 Å². The number of benzene rings is 1. The van der Waals surface area contributed by atoms with Crippen LogP contribution >= 0.6 is 0 Å². The number of carbonyl (C=O) groups excluding carboxylic acids is 1. The fourth-order valence-electron chi connectivity index (χ4n) is 2.92. The summed E-state index contributed by atoms with van der Waals surface area (Å²) in [5.41, 5.74) is 4.58. The molecule has 1 heterocycles. The molecule has 1 aliphatic rings. The number of piperidine rings is 1. The molecule has 2 rings (SSSR count). The number of carbonyl (C=O) groups is 1. The van der Waals surface area contributed by atoms with Gasteiger partial charge in [0.1, 0.15) is 5.69 Å². The maximum absolute atomic E-state index is 12.7. The number of hydrogen-bond acceptors (Lipinski definition) is 6. The van der Waals surface area contributed by atoms with Gasteiger partial charge in [0.05, 0.1) is 9.82 Å². The highest BCUT2D eigenvalue weighted by atomic mass is 32.2. The Balaban J connectivity index is 2.43. The molecule has 1 aliphatic heterocycles. The van der Waals surface area contributed by atoms with Crippen LogP contribution in [-0.2, 0) is 9.84 Å². The number of alkyl halides is 2. The summed E-state index contributed by atoms with van der Waals surface area (Å²) in [5, 5.41) is 13.8. The van der Waals surface area contributed by atoms with Gasteiger partial charge in [0.25, 0.3) is 5.69 Å². The lowest BCUT2D eigenvalue weighted by atomic mass is 10.0. The molecule has 144 valence electrons. The van der Waals surface area contributed by atoms with Crippen LogP contribution in [0.15, 0.2) is 23.1 Å². The van der Waals surface area contributed by atoms with E-state index in [-0.39, 0.29) is 18.3 Å². The Labute approximate surface area is 148 Å². The van der Waals surface area contributed by atoms with E-state index in [0.717, 1.165) is 25.0 Å². The first kappa shape index (κ1) is 19.8. The average Bonchev–Trinajstić information content (AvgIpc) is 2.59. The summed E-state index contributed by atoms with van der Waals surface area (Å²) in [4.78, 5) is 22.4. The predicted octanol–water partition coefficient (Wildman–Crippen LogP) is 1.62. The van der Waals surface area contributed by atoms with Crippen LogP contribution in [0.1, 0.15) is 19.3 Å². The Kier molecular flexibility index (Phi) is 5.95. The lowest BCUT2D eigenvalue weighted by Crippen LogP contribution is -2.48. The standard InChI is InChI=1S/C14H18F2N4O5S/c15-13(16)26(24,25)10-4-5-11(12(7-10)20(22)23)19-6-2-1-3-9(19)8-18-14(17)21/h4-5,7,9,13H,1-3,6,8H2,(H3,17,18,21)/t9-/m1/s1. The largest absolute Gasteiger partial charge is 0.361 e. The predicted molar refractivity (Wildman–Crippen MR) is 88.9 cm³/mol. The SMILES string of the molecule is NC(=O)NC[C@H]1CCCCN1c1ccc(S(=O)(=O)C(F)F)cc1[N+](=O)[O-].